The highest BCUT2D eigenvalue weighted by molar-refractivity contribution is 6.04. The Morgan fingerprint density at radius 1 is 1.14 bits per heavy atom. The van der Waals surface area contributed by atoms with Crippen LogP contribution in [0.3, 0.4) is 0 Å². The number of hydrogen-bond acceptors (Lipinski definition) is 5. The Hall–Kier alpha value is -4.77. The van der Waals surface area contributed by atoms with E-state index in [0.29, 0.717) is 34.7 Å². The van der Waals surface area contributed by atoms with E-state index in [1.807, 2.05) is 81.4 Å². The number of nitrogens with one attached hydrogen (secondary N) is 2. The third kappa shape index (κ3) is 4.47. The zero-order valence-corrected chi connectivity index (χ0v) is 20.9. The molecule has 1 amide bonds. The normalized spacial score (nSPS) is 13.0. The third-order valence-electron chi connectivity index (χ3n) is 6.17. The van der Waals surface area contributed by atoms with Gasteiger partial charge in [-0.1, -0.05) is 56.0 Å². The third-order valence-corrected chi connectivity index (χ3v) is 6.17. The van der Waals surface area contributed by atoms with Crippen LogP contribution in [-0.4, -0.2) is 26.8 Å². The maximum atomic E-state index is 14.0. The summed E-state index contributed by atoms with van der Waals surface area (Å²) in [5.74, 6) is 6.80. The second kappa shape index (κ2) is 9.70. The van der Waals surface area contributed by atoms with Gasteiger partial charge in [-0.3, -0.25) is 14.2 Å². The van der Waals surface area contributed by atoms with E-state index in [4.69, 9.17) is 5.73 Å². The topological polar surface area (TPSA) is 107 Å². The van der Waals surface area contributed by atoms with Crippen molar-refractivity contribution in [1.82, 2.24) is 19.7 Å². The Bertz CT molecular complexity index is 1650. The molecule has 2 aromatic heterocycles. The van der Waals surface area contributed by atoms with Gasteiger partial charge in [0.25, 0.3) is 11.5 Å². The molecule has 0 aliphatic carbocycles. The minimum absolute atomic E-state index is 0.131. The first-order valence-electron chi connectivity index (χ1n) is 12.2. The first-order chi connectivity index (χ1) is 17.8. The van der Waals surface area contributed by atoms with Gasteiger partial charge < -0.3 is 16.4 Å². The average molecular weight is 493 g/mol. The first kappa shape index (κ1) is 23.9. The van der Waals surface area contributed by atoms with Crippen molar-refractivity contribution in [3.8, 4) is 17.5 Å². The fourth-order valence-electron chi connectivity index (χ4n) is 4.47. The van der Waals surface area contributed by atoms with Crippen LogP contribution in [0.2, 0.25) is 0 Å². The maximum Gasteiger partial charge on any atom is 0.264 e. The molecule has 1 unspecified atom stereocenters. The standard InChI is InChI=1S/C29H28N6O2/c1-18(2)13-14-20-9-7-10-21-17-23(35(29(37)24(20)21)22-11-5-4-6-12-22)19(3)32-28(36)25-26(30)33-34-16-8-15-31-27(25)34/h4-12,16-19,31H,15H2,1-3H3,(H2,30,33)(H,32,36). The van der Waals surface area contributed by atoms with Gasteiger partial charge in [-0.15, -0.1) is 5.10 Å². The minimum Gasteiger partial charge on any atom is -0.381 e. The largest absolute Gasteiger partial charge is 0.381 e. The molecule has 2 aromatic carbocycles. The van der Waals surface area contributed by atoms with E-state index >= 15 is 0 Å². The zero-order valence-electron chi connectivity index (χ0n) is 20.9. The molecule has 37 heavy (non-hydrogen) atoms. The predicted molar refractivity (Wildman–Crippen MR) is 148 cm³/mol. The summed E-state index contributed by atoms with van der Waals surface area (Å²) in [5.41, 5.74) is 8.19. The Labute approximate surface area is 214 Å². The van der Waals surface area contributed by atoms with Crippen molar-refractivity contribution in [1.29, 1.82) is 0 Å². The van der Waals surface area contributed by atoms with E-state index in [9.17, 15) is 9.59 Å². The number of hydrogen-bond donors (Lipinski definition) is 3. The summed E-state index contributed by atoms with van der Waals surface area (Å²) < 4.78 is 3.19. The summed E-state index contributed by atoms with van der Waals surface area (Å²) in [7, 11) is 0. The van der Waals surface area contributed by atoms with Crippen LogP contribution in [0, 0.1) is 17.8 Å². The average Bonchev–Trinajstić information content (AvgIpc) is 3.23. The molecule has 0 saturated heterocycles. The fourth-order valence-corrected chi connectivity index (χ4v) is 4.47. The van der Waals surface area contributed by atoms with Crippen LogP contribution < -0.4 is 21.9 Å². The van der Waals surface area contributed by atoms with Crippen molar-refractivity contribution in [2.75, 3.05) is 17.6 Å². The molecule has 5 rings (SSSR count). The molecule has 0 bridgehead atoms. The second-order valence-electron chi connectivity index (χ2n) is 9.25. The van der Waals surface area contributed by atoms with E-state index in [-0.39, 0.29) is 28.8 Å². The number of aromatic nitrogens is 3. The van der Waals surface area contributed by atoms with Crippen LogP contribution in [0.25, 0.3) is 22.7 Å². The Balaban J connectivity index is 1.63. The lowest BCUT2D eigenvalue weighted by molar-refractivity contribution is 0.0940. The number of rotatable bonds is 4. The van der Waals surface area contributed by atoms with Gasteiger partial charge in [-0.05, 0) is 42.7 Å². The van der Waals surface area contributed by atoms with Crippen molar-refractivity contribution in [2.45, 2.75) is 26.8 Å². The number of pyridine rings is 1. The Kier molecular flexibility index (Phi) is 6.28. The molecule has 4 aromatic rings. The van der Waals surface area contributed by atoms with Gasteiger partial charge >= 0.3 is 0 Å². The molecule has 0 spiro atoms. The molecular weight excluding hydrogens is 464 g/mol. The van der Waals surface area contributed by atoms with Gasteiger partial charge in [-0.2, -0.15) is 0 Å². The fraction of sp³-hybridized carbons (Fsp3) is 0.207. The lowest BCUT2D eigenvalue weighted by Gasteiger charge is -2.21. The number of carbonyl (C=O) groups is 1. The van der Waals surface area contributed by atoms with Crippen LogP contribution in [0.5, 0.6) is 0 Å². The molecule has 8 heteroatoms. The van der Waals surface area contributed by atoms with Gasteiger partial charge in [0.2, 0.25) is 0 Å². The van der Waals surface area contributed by atoms with Gasteiger partial charge in [0, 0.05) is 35.6 Å². The summed E-state index contributed by atoms with van der Waals surface area (Å²) in [6.45, 7) is 6.44. The second-order valence-corrected chi connectivity index (χ2v) is 9.25. The monoisotopic (exact) mass is 492 g/mol. The van der Waals surface area contributed by atoms with Crippen LogP contribution in [0.1, 0.15) is 48.4 Å². The van der Waals surface area contributed by atoms with Gasteiger partial charge in [0.1, 0.15) is 11.4 Å². The van der Waals surface area contributed by atoms with Crippen molar-refractivity contribution >= 4 is 34.5 Å². The quantitative estimate of drug-likeness (QED) is 0.371. The summed E-state index contributed by atoms with van der Waals surface area (Å²) in [4.78, 5) is 27.4. The molecule has 1 aliphatic heterocycles. The van der Waals surface area contributed by atoms with Crippen LogP contribution >= 0.6 is 0 Å². The predicted octanol–water partition coefficient (Wildman–Crippen LogP) is 4.16. The molecule has 0 saturated carbocycles. The highest BCUT2D eigenvalue weighted by Crippen LogP contribution is 2.27. The molecule has 4 N–H and O–H groups in total. The van der Waals surface area contributed by atoms with E-state index < -0.39 is 6.04 Å². The van der Waals surface area contributed by atoms with Crippen molar-refractivity contribution in [2.24, 2.45) is 5.92 Å². The molecular formula is C29H28N6O2. The molecule has 0 fully saturated rings. The lowest BCUT2D eigenvalue weighted by Crippen LogP contribution is -2.33. The van der Waals surface area contributed by atoms with Crippen LogP contribution in [-0.2, 0) is 0 Å². The van der Waals surface area contributed by atoms with E-state index in [1.165, 1.54) is 0 Å². The van der Waals surface area contributed by atoms with Gasteiger partial charge in [0.15, 0.2) is 5.82 Å². The number of benzene rings is 2. The number of nitrogens with two attached hydrogens (primary N) is 1. The summed E-state index contributed by atoms with van der Waals surface area (Å²) >= 11 is 0. The Morgan fingerprint density at radius 2 is 1.92 bits per heavy atom. The summed E-state index contributed by atoms with van der Waals surface area (Å²) in [5, 5.41) is 11.7. The molecule has 3 heterocycles. The van der Waals surface area contributed by atoms with Gasteiger partial charge in [0.05, 0.1) is 11.4 Å². The molecule has 1 aliphatic rings. The number of anilines is 2. The van der Waals surface area contributed by atoms with E-state index in [1.54, 1.807) is 15.4 Å². The Morgan fingerprint density at radius 3 is 2.68 bits per heavy atom. The SMILES string of the molecule is CC(C)C#Cc1cccc2cc(C(C)NC(=O)c3c(N)nn4c3NCC=C4)n(-c3ccccc3)c(=O)c12. The minimum atomic E-state index is -0.524. The maximum absolute atomic E-state index is 14.0. The smallest absolute Gasteiger partial charge is 0.264 e. The summed E-state index contributed by atoms with van der Waals surface area (Å²) in [6, 6.07) is 16.5. The van der Waals surface area contributed by atoms with E-state index in [2.05, 4.69) is 27.6 Å². The van der Waals surface area contributed by atoms with Crippen molar-refractivity contribution < 1.29 is 4.79 Å². The number of fused-ring (bicyclic) bond motifs is 2. The van der Waals surface area contributed by atoms with Crippen molar-refractivity contribution in [3.05, 3.63) is 87.8 Å². The van der Waals surface area contributed by atoms with E-state index in [0.717, 1.165) is 5.39 Å². The molecule has 8 nitrogen and oxygen atoms in total. The van der Waals surface area contributed by atoms with Crippen molar-refractivity contribution in [3.63, 3.8) is 0 Å². The number of nitrogens with zero attached hydrogens (tertiary/aromatic N) is 3. The summed E-state index contributed by atoms with van der Waals surface area (Å²) in [6.07, 6.45) is 3.65. The van der Waals surface area contributed by atoms with Gasteiger partial charge in [-0.25, -0.2) is 4.68 Å². The molecule has 1 atom stereocenters. The molecule has 186 valence electrons. The highest BCUT2D eigenvalue weighted by atomic mass is 16.2. The van der Waals surface area contributed by atoms with Crippen LogP contribution in [0.4, 0.5) is 11.6 Å². The zero-order chi connectivity index (χ0) is 26.1. The number of amides is 1. The number of nitrogen functional groups attached to an aromatic ring is 1. The number of carbonyl (C=O) groups excluding carboxylic acids is 1. The lowest BCUT2D eigenvalue weighted by atomic mass is 10.0. The van der Waals surface area contributed by atoms with Crippen LogP contribution in [0.15, 0.2) is 65.5 Å². The highest BCUT2D eigenvalue weighted by Gasteiger charge is 2.26. The number of para-hydroxylation sites is 1. The molecule has 0 radical (unpaired) electrons. The first-order valence-corrected chi connectivity index (χ1v) is 12.2.